The lowest BCUT2D eigenvalue weighted by molar-refractivity contribution is 0.462. The van der Waals surface area contributed by atoms with Crippen LogP contribution < -0.4 is 0 Å². The third-order valence-electron chi connectivity index (χ3n) is 2.40. The molecule has 0 aliphatic carbocycles. The third kappa shape index (κ3) is 3.69. The largest absolute Gasteiger partial charge is 0.507 e. The molecule has 2 aromatic rings. The number of halogens is 1. The summed E-state index contributed by atoms with van der Waals surface area (Å²) >= 11 is 1.59. The van der Waals surface area contributed by atoms with Gasteiger partial charge in [-0.2, -0.15) is 0 Å². The molecule has 0 aliphatic rings. The molecular weight excluding hydrogens is 252 g/mol. The summed E-state index contributed by atoms with van der Waals surface area (Å²) in [6.45, 7) is 2.11. The van der Waals surface area contributed by atoms with Gasteiger partial charge >= 0.3 is 0 Å². The molecule has 1 N–H and O–H groups in total. The van der Waals surface area contributed by atoms with Crippen molar-refractivity contribution in [3.05, 3.63) is 54.1 Å². The Labute approximate surface area is 112 Å². The second kappa shape index (κ2) is 6.58. The number of benzene rings is 2. The first kappa shape index (κ1) is 13.9. The normalized spacial score (nSPS) is 9.71. The molecule has 2 rings (SSSR count). The van der Waals surface area contributed by atoms with E-state index in [9.17, 15) is 5.11 Å². The Bertz CT molecular complexity index is 471. The molecule has 0 radical (unpaired) electrons. The van der Waals surface area contributed by atoms with Crippen molar-refractivity contribution < 1.29 is 5.11 Å². The predicted molar refractivity (Wildman–Crippen MR) is 75.3 cm³/mol. The van der Waals surface area contributed by atoms with E-state index < -0.39 is 0 Å². The van der Waals surface area contributed by atoms with E-state index in [1.165, 1.54) is 5.56 Å². The third-order valence-corrected chi connectivity index (χ3v) is 3.46. The van der Waals surface area contributed by atoms with Crippen molar-refractivity contribution in [2.75, 3.05) is 0 Å². The lowest BCUT2D eigenvalue weighted by atomic mass is 10.2. The van der Waals surface area contributed by atoms with Gasteiger partial charge in [0.05, 0.1) is 4.90 Å². The summed E-state index contributed by atoms with van der Waals surface area (Å²) in [5.41, 5.74) is 1.25. The van der Waals surface area contributed by atoms with Crippen molar-refractivity contribution in [1.29, 1.82) is 0 Å². The standard InChI is InChI=1S/C14H14OS.ClH/c1-2-11-8-9-13(15)14(10-11)16-12-6-4-3-5-7-12;/h3-10,15H,2H2,1H3;1H. The van der Waals surface area contributed by atoms with Gasteiger partial charge in [-0.15, -0.1) is 12.4 Å². The molecule has 0 amide bonds. The molecule has 90 valence electrons. The number of phenolic OH excluding ortho intramolecular Hbond substituents is 1. The Morgan fingerprint density at radius 1 is 1.06 bits per heavy atom. The van der Waals surface area contributed by atoms with Crippen LogP contribution in [-0.4, -0.2) is 5.11 Å². The zero-order valence-electron chi connectivity index (χ0n) is 9.59. The topological polar surface area (TPSA) is 20.2 Å². The molecule has 0 heterocycles. The first-order valence-electron chi connectivity index (χ1n) is 5.34. The van der Waals surface area contributed by atoms with E-state index in [2.05, 4.69) is 6.92 Å². The molecule has 3 heteroatoms. The van der Waals surface area contributed by atoms with Gasteiger partial charge in [-0.05, 0) is 36.2 Å². The summed E-state index contributed by atoms with van der Waals surface area (Å²) in [5.74, 6) is 0.353. The maximum absolute atomic E-state index is 9.77. The van der Waals surface area contributed by atoms with E-state index in [1.54, 1.807) is 17.8 Å². The van der Waals surface area contributed by atoms with Crippen LogP contribution in [0.15, 0.2) is 58.3 Å². The van der Waals surface area contributed by atoms with Crippen LogP contribution in [0.4, 0.5) is 0 Å². The van der Waals surface area contributed by atoms with Gasteiger partial charge in [0, 0.05) is 4.90 Å². The van der Waals surface area contributed by atoms with E-state index in [1.807, 2.05) is 42.5 Å². The van der Waals surface area contributed by atoms with Gasteiger partial charge in [-0.3, -0.25) is 0 Å². The average Bonchev–Trinajstić information content (AvgIpc) is 2.33. The molecule has 0 unspecified atom stereocenters. The molecule has 0 saturated heterocycles. The highest BCUT2D eigenvalue weighted by atomic mass is 35.5. The van der Waals surface area contributed by atoms with Crippen molar-refractivity contribution in [2.45, 2.75) is 23.1 Å². The molecule has 0 spiro atoms. The van der Waals surface area contributed by atoms with Gasteiger partial charge < -0.3 is 5.11 Å². The summed E-state index contributed by atoms with van der Waals surface area (Å²) < 4.78 is 0. The van der Waals surface area contributed by atoms with Crippen LogP contribution in [0.5, 0.6) is 5.75 Å². The molecule has 0 fully saturated rings. The van der Waals surface area contributed by atoms with Crippen LogP contribution in [0.1, 0.15) is 12.5 Å². The lowest BCUT2D eigenvalue weighted by Gasteiger charge is -2.06. The maximum Gasteiger partial charge on any atom is 0.129 e. The fraction of sp³-hybridized carbons (Fsp3) is 0.143. The second-order valence-corrected chi connectivity index (χ2v) is 4.69. The number of rotatable bonds is 3. The first-order valence-corrected chi connectivity index (χ1v) is 6.16. The Kier molecular flexibility index (Phi) is 5.39. The minimum atomic E-state index is 0. The summed E-state index contributed by atoms with van der Waals surface area (Å²) in [6.07, 6.45) is 0.989. The number of hydrogen-bond donors (Lipinski definition) is 1. The van der Waals surface area contributed by atoms with Crippen LogP contribution in [-0.2, 0) is 6.42 Å². The average molecular weight is 267 g/mol. The summed E-state index contributed by atoms with van der Waals surface area (Å²) in [4.78, 5) is 2.07. The predicted octanol–water partition coefficient (Wildman–Crippen LogP) is 4.53. The van der Waals surface area contributed by atoms with E-state index in [-0.39, 0.29) is 12.4 Å². The minimum absolute atomic E-state index is 0. The molecule has 0 bridgehead atoms. The molecule has 0 saturated carbocycles. The Morgan fingerprint density at radius 2 is 1.76 bits per heavy atom. The smallest absolute Gasteiger partial charge is 0.129 e. The lowest BCUT2D eigenvalue weighted by Crippen LogP contribution is -1.81. The maximum atomic E-state index is 9.77. The highest BCUT2D eigenvalue weighted by molar-refractivity contribution is 7.99. The number of aromatic hydroxyl groups is 1. The molecule has 1 nitrogen and oxygen atoms in total. The van der Waals surface area contributed by atoms with Gasteiger partial charge in [0.1, 0.15) is 5.75 Å². The van der Waals surface area contributed by atoms with Crippen LogP contribution in [0.3, 0.4) is 0 Å². The molecule has 2 aromatic carbocycles. The van der Waals surface area contributed by atoms with Crippen molar-refractivity contribution in [1.82, 2.24) is 0 Å². The molecule has 0 atom stereocenters. The van der Waals surface area contributed by atoms with Crippen LogP contribution in [0.25, 0.3) is 0 Å². The van der Waals surface area contributed by atoms with Crippen LogP contribution >= 0.6 is 24.2 Å². The van der Waals surface area contributed by atoms with E-state index in [0.29, 0.717) is 5.75 Å². The zero-order valence-corrected chi connectivity index (χ0v) is 11.2. The Hall–Kier alpha value is -1.12. The molecule has 17 heavy (non-hydrogen) atoms. The monoisotopic (exact) mass is 266 g/mol. The molecular formula is C14H15ClOS. The number of aryl methyl sites for hydroxylation is 1. The SMILES string of the molecule is CCc1ccc(O)c(Sc2ccccc2)c1.Cl. The summed E-state index contributed by atoms with van der Waals surface area (Å²) in [6, 6.07) is 15.9. The minimum Gasteiger partial charge on any atom is -0.507 e. The van der Waals surface area contributed by atoms with E-state index in [4.69, 9.17) is 0 Å². The van der Waals surface area contributed by atoms with E-state index >= 15 is 0 Å². The van der Waals surface area contributed by atoms with Crippen molar-refractivity contribution >= 4 is 24.2 Å². The van der Waals surface area contributed by atoms with Crippen molar-refractivity contribution in [3.63, 3.8) is 0 Å². The highest BCUT2D eigenvalue weighted by Gasteiger charge is 2.03. The van der Waals surface area contributed by atoms with Gasteiger partial charge in [0.2, 0.25) is 0 Å². The fourth-order valence-corrected chi connectivity index (χ4v) is 2.41. The van der Waals surface area contributed by atoms with Gasteiger partial charge in [0.15, 0.2) is 0 Å². The summed E-state index contributed by atoms with van der Waals surface area (Å²) in [5, 5.41) is 9.77. The van der Waals surface area contributed by atoms with Crippen LogP contribution in [0, 0.1) is 0 Å². The number of hydrogen-bond acceptors (Lipinski definition) is 2. The molecule has 0 aromatic heterocycles. The summed E-state index contributed by atoms with van der Waals surface area (Å²) in [7, 11) is 0. The number of phenols is 1. The highest BCUT2D eigenvalue weighted by Crippen LogP contribution is 2.34. The van der Waals surface area contributed by atoms with Crippen molar-refractivity contribution in [3.8, 4) is 5.75 Å². The van der Waals surface area contributed by atoms with Gasteiger partial charge in [-0.1, -0.05) is 43.0 Å². The van der Waals surface area contributed by atoms with Gasteiger partial charge in [0.25, 0.3) is 0 Å². The van der Waals surface area contributed by atoms with Crippen molar-refractivity contribution in [2.24, 2.45) is 0 Å². The first-order chi connectivity index (χ1) is 7.79. The Morgan fingerprint density at radius 3 is 2.41 bits per heavy atom. The quantitative estimate of drug-likeness (QED) is 0.881. The van der Waals surface area contributed by atoms with Crippen LogP contribution in [0.2, 0.25) is 0 Å². The second-order valence-electron chi connectivity index (χ2n) is 3.57. The van der Waals surface area contributed by atoms with E-state index in [0.717, 1.165) is 16.2 Å². The fourth-order valence-electron chi connectivity index (χ4n) is 1.48. The Balaban J connectivity index is 0.00000144. The zero-order chi connectivity index (χ0) is 11.4. The van der Waals surface area contributed by atoms with Gasteiger partial charge in [-0.25, -0.2) is 0 Å². The molecule has 0 aliphatic heterocycles.